The lowest BCUT2D eigenvalue weighted by molar-refractivity contribution is -0.359. The van der Waals surface area contributed by atoms with Crippen LogP contribution in [0.3, 0.4) is 0 Å². The van der Waals surface area contributed by atoms with E-state index in [9.17, 15) is 9.90 Å². The normalized spacial score (nSPS) is 38.7. The summed E-state index contributed by atoms with van der Waals surface area (Å²) in [6, 6.07) is -1.19. The van der Waals surface area contributed by atoms with E-state index in [-0.39, 0.29) is 13.2 Å². The van der Waals surface area contributed by atoms with E-state index >= 15 is 0 Å². The molecule has 21 heavy (non-hydrogen) atoms. The molecule has 0 aromatic rings. The molecule has 2 saturated heterocycles. The molecule has 2 aliphatic heterocycles. The second-order valence-corrected chi connectivity index (χ2v) is 6.27. The van der Waals surface area contributed by atoms with Gasteiger partial charge in [0.05, 0.1) is 19.3 Å². The maximum Gasteiger partial charge on any atom is 0.312 e. The van der Waals surface area contributed by atoms with Gasteiger partial charge in [0, 0.05) is 0 Å². The molecule has 122 valence electrons. The van der Waals surface area contributed by atoms with E-state index in [1.54, 1.807) is 27.7 Å². The molecule has 2 aliphatic rings. The van der Waals surface area contributed by atoms with Crippen molar-refractivity contribution in [1.82, 2.24) is 5.32 Å². The number of ether oxygens (including phenoxy) is 4. The molecule has 0 aromatic carbocycles. The summed E-state index contributed by atoms with van der Waals surface area (Å²) in [6.45, 7) is 7.38. The van der Waals surface area contributed by atoms with Crippen molar-refractivity contribution in [2.24, 2.45) is 5.73 Å². The minimum Gasteiger partial charge on any atom is -0.388 e. The molecule has 0 bridgehead atoms. The minimum absolute atomic E-state index is 0.127. The summed E-state index contributed by atoms with van der Waals surface area (Å²) in [7, 11) is 0. The van der Waals surface area contributed by atoms with Crippen LogP contribution in [0.2, 0.25) is 0 Å². The fraction of sp³-hybridized carbons (Fsp3) is 0.923. The lowest BCUT2D eigenvalue weighted by Crippen LogP contribution is -2.65. The highest BCUT2D eigenvalue weighted by Gasteiger charge is 2.48. The number of amides is 2. The number of primary amides is 1. The lowest BCUT2D eigenvalue weighted by atomic mass is 9.98. The van der Waals surface area contributed by atoms with Gasteiger partial charge >= 0.3 is 6.03 Å². The van der Waals surface area contributed by atoms with E-state index in [1.807, 2.05) is 0 Å². The molecule has 0 aromatic heterocycles. The number of nitrogens with two attached hydrogens (primary N) is 1. The summed E-state index contributed by atoms with van der Waals surface area (Å²) >= 11 is 0. The predicted octanol–water partition coefficient (Wildman–Crippen LogP) is -0.313. The fourth-order valence-electron chi connectivity index (χ4n) is 2.54. The summed E-state index contributed by atoms with van der Waals surface area (Å²) in [4.78, 5) is 11.1. The van der Waals surface area contributed by atoms with E-state index in [4.69, 9.17) is 24.7 Å². The van der Waals surface area contributed by atoms with Gasteiger partial charge in [-0.25, -0.2) is 4.79 Å². The van der Waals surface area contributed by atoms with Crippen molar-refractivity contribution in [2.75, 3.05) is 13.2 Å². The van der Waals surface area contributed by atoms with Crippen LogP contribution in [0, 0.1) is 0 Å². The maximum absolute atomic E-state index is 11.1. The Morgan fingerprint density at radius 1 is 1.10 bits per heavy atom. The summed E-state index contributed by atoms with van der Waals surface area (Å²) < 4.78 is 22.6. The Bertz CT molecular complexity index is 400. The lowest BCUT2D eigenvalue weighted by Gasteiger charge is -2.48. The van der Waals surface area contributed by atoms with Crippen molar-refractivity contribution in [3.63, 3.8) is 0 Å². The monoisotopic (exact) mass is 304 g/mol. The third-order valence-electron chi connectivity index (χ3n) is 3.48. The summed E-state index contributed by atoms with van der Waals surface area (Å²) in [5, 5.41) is 12.7. The zero-order valence-corrected chi connectivity index (χ0v) is 12.8. The molecule has 8 heteroatoms. The first-order valence-corrected chi connectivity index (χ1v) is 6.97. The summed E-state index contributed by atoms with van der Waals surface area (Å²) in [5.74, 6) is -1.68. The number of urea groups is 1. The molecule has 0 radical (unpaired) electrons. The quantitative estimate of drug-likeness (QED) is 0.645. The van der Waals surface area contributed by atoms with Crippen LogP contribution in [0.5, 0.6) is 0 Å². The second kappa shape index (κ2) is 5.69. The number of nitrogens with one attached hydrogen (secondary N) is 1. The molecule has 2 rings (SSSR count). The molecular formula is C13H24N2O6. The van der Waals surface area contributed by atoms with E-state index in [0.717, 1.165) is 0 Å². The number of hydrogen-bond donors (Lipinski definition) is 3. The predicted molar refractivity (Wildman–Crippen MR) is 72.3 cm³/mol. The highest BCUT2D eigenvalue weighted by molar-refractivity contribution is 5.72. The molecule has 8 nitrogen and oxygen atoms in total. The van der Waals surface area contributed by atoms with E-state index < -0.39 is 42.0 Å². The fourth-order valence-corrected chi connectivity index (χ4v) is 2.54. The van der Waals surface area contributed by atoms with Gasteiger partial charge in [-0.1, -0.05) is 0 Å². The van der Waals surface area contributed by atoms with Gasteiger partial charge in [0.25, 0.3) is 0 Å². The van der Waals surface area contributed by atoms with Crippen molar-refractivity contribution < 1.29 is 28.8 Å². The average molecular weight is 304 g/mol. The third-order valence-corrected chi connectivity index (χ3v) is 3.48. The first-order chi connectivity index (χ1) is 9.60. The zero-order valence-electron chi connectivity index (χ0n) is 12.8. The Hall–Kier alpha value is -0.930. The number of carbonyl (C=O) groups is 1. The maximum atomic E-state index is 11.1. The number of hydrogen-bond acceptors (Lipinski definition) is 6. The van der Waals surface area contributed by atoms with Gasteiger partial charge in [0.2, 0.25) is 0 Å². The Morgan fingerprint density at radius 3 is 2.19 bits per heavy atom. The molecule has 0 aliphatic carbocycles. The highest BCUT2D eigenvalue weighted by atomic mass is 16.7. The Labute approximate surface area is 123 Å². The Kier molecular flexibility index (Phi) is 4.46. The first kappa shape index (κ1) is 16.4. The smallest absolute Gasteiger partial charge is 0.312 e. The van der Waals surface area contributed by atoms with Crippen LogP contribution in [0.25, 0.3) is 0 Å². The summed E-state index contributed by atoms with van der Waals surface area (Å²) in [6.07, 6.45) is -2.12. The topological polar surface area (TPSA) is 112 Å². The van der Waals surface area contributed by atoms with Crippen molar-refractivity contribution in [3.8, 4) is 0 Å². The molecule has 4 N–H and O–H groups in total. The van der Waals surface area contributed by atoms with Crippen LogP contribution < -0.4 is 11.1 Å². The van der Waals surface area contributed by atoms with Gasteiger partial charge in [-0.2, -0.15) is 0 Å². The molecule has 0 spiro atoms. The van der Waals surface area contributed by atoms with Gasteiger partial charge in [0.1, 0.15) is 18.3 Å². The van der Waals surface area contributed by atoms with Gasteiger partial charge in [-0.3, -0.25) is 0 Å². The van der Waals surface area contributed by atoms with Crippen LogP contribution >= 0.6 is 0 Å². The van der Waals surface area contributed by atoms with Crippen LogP contribution in [0.1, 0.15) is 27.7 Å². The molecule has 0 saturated carbocycles. The summed E-state index contributed by atoms with van der Waals surface area (Å²) in [5.41, 5.74) is 5.18. The van der Waals surface area contributed by atoms with E-state index in [2.05, 4.69) is 5.32 Å². The van der Waals surface area contributed by atoms with Gasteiger partial charge in [-0.15, -0.1) is 0 Å². The van der Waals surface area contributed by atoms with E-state index in [0.29, 0.717) is 0 Å². The van der Waals surface area contributed by atoms with Crippen LogP contribution in [-0.2, 0) is 18.9 Å². The van der Waals surface area contributed by atoms with Crippen molar-refractivity contribution >= 4 is 6.03 Å². The molecule has 2 fully saturated rings. The standard InChI is InChI=1S/C13H24N2O6/c1-12(2)18-5-7(15-11(14)17)9(20-12)10-8(16)6-19-13(3,4)21-10/h7-10,16H,5-6H2,1-4H3,(H3,14,15,17). The Balaban J connectivity index is 2.19. The van der Waals surface area contributed by atoms with Crippen LogP contribution in [0.4, 0.5) is 4.79 Å². The van der Waals surface area contributed by atoms with Gasteiger partial charge < -0.3 is 35.1 Å². The average Bonchev–Trinajstić information content (AvgIpc) is 2.34. The minimum atomic E-state index is -0.867. The molecular weight excluding hydrogens is 280 g/mol. The number of rotatable bonds is 2. The first-order valence-electron chi connectivity index (χ1n) is 6.97. The highest BCUT2D eigenvalue weighted by Crippen LogP contribution is 2.32. The molecule has 2 heterocycles. The largest absolute Gasteiger partial charge is 0.388 e. The van der Waals surface area contributed by atoms with Gasteiger partial charge in [-0.05, 0) is 27.7 Å². The number of aliphatic hydroxyl groups excluding tert-OH is 1. The molecule has 2 amide bonds. The van der Waals surface area contributed by atoms with Crippen molar-refractivity contribution in [1.29, 1.82) is 0 Å². The van der Waals surface area contributed by atoms with Crippen molar-refractivity contribution in [2.45, 2.75) is 63.6 Å². The van der Waals surface area contributed by atoms with E-state index in [1.165, 1.54) is 0 Å². The molecule has 4 unspecified atom stereocenters. The van der Waals surface area contributed by atoms with Gasteiger partial charge in [0.15, 0.2) is 11.6 Å². The number of aliphatic hydroxyl groups is 1. The SMILES string of the molecule is CC1(C)OCC(O)C(C2OC(C)(C)OCC2NC(N)=O)O1. The third kappa shape index (κ3) is 4.04. The molecule has 4 atom stereocenters. The number of carbonyl (C=O) groups excluding carboxylic acids is 1. The zero-order chi connectivity index (χ0) is 15.8. The second-order valence-electron chi connectivity index (χ2n) is 6.27. The van der Waals surface area contributed by atoms with Crippen LogP contribution in [-0.4, -0.2) is 60.3 Å². The van der Waals surface area contributed by atoms with Crippen LogP contribution in [0.15, 0.2) is 0 Å². The Morgan fingerprint density at radius 2 is 1.62 bits per heavy atom. The van der Waals surface area contributed by atoms with Crippen molar-refractivity contribution in [3.05, 3.63) is 0 Å².